The van der Waals surface area contributed by atoms with Crippen LogP contribution in [0.4, 0.5) is 0 Å². The minimum absolute atomic E-state index is 0.0805. The van der Waals surface area contributed by atoms with Gasteiger partial charge in [0.25, 0.3) is 0 Å². The van der Waals surface area contributed by atoms with Gasteiger partial charge < -0.3 is 5.11 Å². The molecule has 0 radical (unpaired) electrons. The Morgan fingerprint density at radius 3 is 2.82 bits per heavy atom. The quantitative estimate of drug-likeness (QED) is 0.909. The number of rotatable bonds is 5. The Balaban J connectivity index is 1.62. The Morgan fingerprint density at radius 2 is 2.05 bits per heavy atom. The van der Waals surface area contributed by atoms with Crippen LogP contribution in [0.2, 0.25) is 0 Å². The Morgan fingerprint density at radius 1 is 1.23 bits per heavy atom. The molecule has 1 aromatic heterocycles. The van der Waals surface area contributed by atoms with Crippen molar-refractivity contribution in [3.05, 3.63) is 18.0 Å². The van der Waals surface area contributed by atoms with Crippen LogP contribution >= 0.6 is 0 Å². The van der Waals surface area contributed by atoms with Crippen molar-refractivity contribution in [2.75, 3.05) is 6.54 Å². The van der Waals surface area contributed by atoms with E-state index in [9.17, 15) is 5.11 Å². The topological polar surface area (TPSA) is 41.3 Å². The molecule has 1 saturated heterocycles. The van der Waals surface area contributed by atoms with E-state index < -0.39 is 0 Å². The van der Waals surface area contributed by atoms with Crippen LogP contribution in [0.15, 0.2) is 12.4 Å². The van der Waals surface area contributed by atoms with Crippen molar-refractivity contribution in [3.63, 3.8) is 0 Å². The van der Waals surface area contributed by atoms with Crippen LogP contribution in [0.1, 0.15) is 57.9 Å². The van der Waals surface area contributed by atoms with Crippen LogP contribution in [0.3, 0.4) is 0 Å². The van der Waals surface area contributed by atoms with Crippen molar-refractivity contribution in [2.45, 2.75) is 77.6 Å². The van der Waals surface area contributed by atoms with Gasteiger partial charge in [-0.2, -0.15) is 5.10 Å². The number of nitrogens with zero attached hydrogens (tertiary/aromatic N) is 3. The molecule has 1 saturated carbocycles. The monoisotopic (exact) mass is 305 g/mol. The largest absolute Gasteiger partial charge is 0.393 e. The predicted octanol–water partition coefficient (Wildman–Crippen LogP) is 3.05. The maximum atomic E-state index is 10.4. The summed E-state index contributed by atoms with van der Waals surface area (Å²) in [4.78, 5) is 2.59. The highest BCUT2D eigenvalue weighted by atomic mass is 16.3. The predicted molar refractivity (Wildman–Crippen MR) is 88.5 cm³/mol. The molecule has 1 aliphatic carbocycles. The van der Waals surface area contributed by atoms with Crippen molar-refractivity contribution >= 4 is 0 Å². The fourth-order valence-corrected chi connectivity index (χ4v) is 4.32. The molecule has 2 fully saturated rings. The molecular formula is C18H31N3O. The van der Waals surface area contributed by atoms with E-state index in [1.807, 2.05) is 6.20 Å². The lowest BCUT2D eigenvalue weighted by Crippen LogP contribution is -2.42. The lowest BCUT2D eigenvalue weighted by atomic mass is 9.80. The standard InChI is InChI=1S/C18H31N3O/c1-14(2)11-21-13-15(10-19-21)12-20-9-5-7-17(20)16-6-3-4-8-18(16)22/h10,13-14,16-18,22H,3-9,11-12H2,1-2H3/t16-,17-,18-/m1/s1. The molecular weight excluding hydrogens is 274 g/mol. The van der Waals surface area contributed by atoms with Crippen molar-refractivity contribution in [2.24, 2.45) is 11.8 Å². The van der Waals surface area contributed by atoms with Crippen molar-refractivity contribution in [1.29, 1.82) is 0 Å². The molecule has 4 nitrogen and oxygen atoms in total. The molecule has 2 heterocycles. The molecule has 3 rings (SSSR count). The summed E-state index contributed by atoms with van der Waals surface area (Å²) in [6.07, 6.45) is 11.4. The van der Waals surface area contributed by atoms with Gasteiger partial charge in [-0.3, -0.25) is 9.58 Å². The first-order valence-electron chi connectivity index (χ1n) is 9.07. The molecule has 0 amide bonds. The molecule has 0 spiro atoms. The van der Waals surface area contributed by atoms with E-state index in [0.29, 0.717) is 17.9 Å². The van der Waals surface area contributed by atoms with Crippen LogP contribution in [-0.4, -0.2) is 38.5 Å². The fraction of sp³-hybridized carbons (Fsp3) is 0.833. The molecule has 4 heteroatoms. The Kier molecular flexibility index (Phi) is 5.19. The van der Waals surface area contributed by atoms with Crippen molar-refractivity contribution in [1.82, 2.24) is 14.7 Å². The third-order valence-corrected chi connectivity index (χ3v) is 5.31. The molecule has 0 unspecified atom stereocenters. The maximum absolute atomic E-state index is 10.4. The van der Waals surface area contributed by atoms with E-state index in [1.54, 1.807) is 0 Å². The summed E-state index contributed by atoms with van der Waals surface area (Å²) in [5.41, 5.74) is 1.32. The zero-order valence-corrected chi connectivity index (χ0v) is 14.1. The Bertz CT molecular complexity index is 471. The summed E-state index contributed by atoms with van der Waals surface area (Å²) in [5.74, 6) is 1.12. The van der Waals surface area contributed by atoms with Gasteiger partial charge in [-0.1, -0.05) is 26.7 Å². The number of hydrogen-bond acceptors (Lipinski definition) is 3. The minimum Gasteiger partial charge on any atom is -0.393 e. The summed E-state index contributed by atoms with van der Waals surface area (Å²) in [6.45, 7) is 7.60. The minimum atomic E-state index is -0.0805. The molecule has 1 N–H and O–H groups in total. The van der Waals surface area contributed by atoms with Gasteiger partial charge in [0.05, 0.1) is 12.3 Å². The van der Waals surface area contributed by atoms with E-state index >= 15 is 0 Å². The van der Waals surface area contributed by atoms with Gasteiger partial charge >= 0.3 is 0 Å². The second kappa shape index (κ2) is 7.14. The molecule has 1 aliphatic heterocycles. The number of aliphatic hydroxyl groups excluding tert-OH is 1. The highest BCUT2D eigenvalue weighted by Gasteiger charge is 2.36. The van der Waals surface area contributed by atoms with Crippen LogP contribution in [0, 0.1) is 11.8 Å². The third kappa shape index (κ3) is 3.72. The van der Waals surface area contributed by atoms with E-state index in [-0.39, 0.29) is 6.10 Å². The van der Waals surface area contributed by atoms with Gasteiger partial charge in [0.1, 0.15) is 0 Å². The van der Waals surface area contributed by atoms with E-state index in [4.69, 9.17) is 0 Å². The Labute approximate surface area is 134 Å². The van der Waals surface area contributed by atoms with Crippen molar-refractivity contribution in [3.8, 4) is 0 Å². The van der Waals surface area contributed by atoms with Gasteiger partial charge in [0, 0.05) is 36.8 Å². The van der Waals surface area contributed by atoms with E-state index in [0.717, 1.165) is 19.5 Å². The molecule has 124 valence electrons. The first-order valence-corrected chi connectivity index (χ1v) is 9.07. The molecule has 2 aliphatic rings. The first kappa shape index (κ1) is 16.0. The highest BCUT2D eigenvalue weighted by molar-refractivity contribution is 5.05. The molecule has 0 aromatic carbocycles. The summed E-state index contributed by atoms with van der Waals surface area (Å²) in [6, 6.07) is 0.573. The SMILES string of the molecule is CC(C)Cn1cc(CN2CCC[C@@H]2[C@H]2CCCC[C@H]2O)cn1. The van der Waals surface area contributed by atoms with Gasteiger partial charge in [-0.05, 0) is 38.1 Å². The number of likely N-dealkylation sites (tertiary alicyclic amines) is 1. The highest BCUT2D eigenvalue weighted by Crippen LogP contribution is 2.35. The third-order valence-electron chi connectivity index (χ3n) is 5.31. The number of hydrogen-bond donors (Lipinski definition) is 1. The molecule has 3 atom stereocenters. The van der Waals surface area contributed by atoms with Gasteiger partial charge in [0.15, 0.2) is 0 Å². The van der Waals surface area contributed by atoms with Crippen LogP contribution in [-0.2, 0) is 13.1 Å². The second-order valence-electron chi connectivity index (χ2n) is 7.66. The smallest absolute Gasteiger partial charge is 0.0583 e. The second-order valence-corrected chi connectivity index (χ2v) is 7.66. The van der Waals surface area contributed by atoms with Gasteiger partial charge in [0.2, 0.25) is 0 Å². The molecule has 1 aromatic rings. The zero-order valence-electron chi connectivity index (χ0n) is 14.1. The first-order chi connectivity index (χ1) is 10.6. The van der Waals surface area contributed by atoms with Gasteiger partial charge in [-0.25, -0.2) is 0 Å². The molecule has 0 bridgehead atoms. The summed E-state index contributed by atoms with van der Waals surface area (Å²) >= 11 is 0. The molecule has 22 heavy (non-hydrogen) atoms. The number of aliphatic hydroxyl groups is 1. The summed E-state index contributed by atoms with van der Waals surface area (Å²) < 4.78 is 2.07. The van der Waals surface area contributed by atoms with Crippen LogP contribution < -0.4 is 0 Å². The van der Waals surface area contributed by atoms with E-state index in [1.165, 1.54) is 44.2 Å². The van der Waals surface area contributed by atoms with Gasteiger partial charge in [-0.15, -0.1) is 0 Å². The Hall–Kier alpha value is -0.870. The lowest BCUT2D eigenvalue weighted by Gasteiger charge is -2.37. The average Bonchev–Trinajstić information content (AvgIpc) is 3.09. The normalized spacial score (nSPS) is 30.3. The zero-order chi connectivity index (χ0) is 15.5. The van der Waals surface area contributed by atoms with Crippen molar-refractivity contribution < 1.29 is 5.11 Å². The summed E-state index contributed by atoms with van der Waals surface area (Å²) in [7, 11) is 0. The fourth-order valence-electron chi connectivity index (χ4n) is 4.32. The van der Waals surface area contributed by atoms with Crippen LogP contribution in [0.5, 0.6) is 0 Å². The maximum Gasteiger partial charge on any atom is 0.0583 e. The number of aromatic nitrogens is 2. The van der Waals surface area contributed by atoms with Crippen LogP contribution in [0.25, 0.3) is 0 Å². The summed E-state index contributed by atoms with van der Waals surface area (Å²) in [5, 5.41) is 14.9. The average molecular weight is 305 g/mol. The van der Waals surface area contributed by atoms with E-state index in [2.05, 4.69) is 34.7 Å². The lowest BCUT2D eigenvalue weighted by molar-refractivity contribution is 0.0201.